The van der Waals surface area contributed by atoms with Crippen LogP contribution in [-0.2, 0) is 0 Å². The molecular weight excluding hydrogens is 310 g/mol. The van der Waals surface area contributed by atoms with E-state index in [2.05, 4.69) is 15.2 Å². The van der Waals surface area contributed by atoms with Gasteiger partial charge in [0.1, 0.15) is 5.69 Å². The predicted molar refractivity (Wildman–Crippen MR) is 89.7 cm³/mol. The van der Waals surface area contributed by atoms with Crippen LogP contribution in [0.4, 0.5) is 0 Å². The molecule has 1 N–H and O–H groups in total. The van der Waals surface area contributed by atoms with E-state index in [1.165, 1.54) is 17.3 Å². The number of carbonyl (C=O) groups is 1. The number of hydrogen-bond acceptors (Lipinski definition) is 5. The number of rotatable bonds is 5. The summed E-state index contributed by atoms with van der Waals surface area (Å²) in [7, 11) is 0. The summed E-state index contributed by atoms with van der Waals surface area (Å²) in [5.74, 6) is 0.473. The van der Waals surface area contributed by atoms with Crippen LogP contribution in [0, 0.1) is 13.8 Å². The molecule has 2 aromatic heterocycles. The highest BCUT2D eigenvalue weighted by Crippen LogP contribution is 2.27. The SMILES string of the molecule is Cc1ccc(C(=O)[C@@H](C)Sc2nnc(-c3ccc[nH]3)o2)cc1C. The monoisotopic (exact) mass is 327 g/mol. The van der Waals surface area contributed by atoms with E-state index in [0.717, 1.165) is 11.3 Å². The van der Waals surface area contributed by atoms with E-state index in [4.69, 9.17) is 4.42 Å². The Bertz CT molecular complexity index is 824. The van der Waals surface area contributed by atoms with Gasteiger partial charge in [-0.25, -0.2) is 0 Å². The van der Waals surface area contributed by atoms with Crippen LogP contribution in [-0.4, -0.2) is 26.2 Å². The van der Waals surface area contributed by atoms with Crippen molar-refractivity contribution in [2.75, 3.05) is 0 Å². The van der Waals surface area contributed by atoms with Crippen LogP contribution in [0.3, 0.4) is 0 Å². The van der Waals surface area contributed by atoms with E-state index in [-0.39, 0.29) is 11.0 Å². The first-order valence-electron chi connectivity index (χ1n) is 7.30. The van der Waals surface area contributed by atoms with E-state index in [9.17, 15) is 4.79 Å². The molecule has 0 amide bonds. The number of H-pyrrole nitrogens is 1. The number of aryl methyl sites for hydroxylation is 2. The van der Waals surface area contributed by atoms with Gasteiger partial charge in [-0.1, -0.05) is 23.9 Å². The van der Waals surface area contributed by atoms with Crippen LogP contribution in [0.15, 0.2) is 46.2 Å². The lowest BCUT2D eigenvalue weighted by atomic mass is 10.0. The second kappa shape index (κ2) is 6.42. The van der Waals surface area contributed by atoms with E-state index in [1.54, 1.807) is 6.20 Å². The number of hydrogen-bond donors (Lipinski definition) is 1. The van der Waals surface area contributed by atoms with Crippen molar-refractivity contribution in [3.05, 3.63) is 53.2 Å². The average molecular weight is 327 g/mol. The highest BCUT2D eigenvalue weighted by Gasteiger charge is 2.20. The standard InChI is InChI=1S/C17H17N3O2S/c1-10-6-7-13(9-11(10)2)15(21)12(3)23-17-20-19-16(22-17)14-5-4-8-18-14/h4-9,12,18H,1-3H3/t12-/m1/s1. The Morgan fingerprint density at radius 3 is 2.74 bits per heavy atom. The van der Waals surface area contributed by atoms with Crippen molar-refractivity contribution in [3.63, 3.8) is 0 Å². The molecule has 0 radical (unpaired) electrons. The molecule has 1 atom stereocenters. The van der Waals surface area contributed by atoms with Gasteiger partial charge in [-0.15, -0.1) is 10.2 Å². The molecule has 3 aromatic rings. The van der Waals surface area contributed by atoms with Crippen LogP contribution in [0.1, 0.15) is 28.4 Å². The zero-order valence-electron chi connectivity index (χ0n) is 13.2. The summed E-state index contributed by atoms with van der Waals surface area (Å²) in [5, 5.41) is 8.07. The molecule has 0 saturated carbocycles. The maximum absolute atomic E-state index is 12.5. The maximum Gasteiger partial charge on any atom is 0.277 e. The molecule has 0 bridgehead atoms. The van der Waals surface area contributed by atoms with Crippen molar-refractivity contribution in [1.82, 2.24) is 15.2 Å². The van der Waals surface area contributed by atoms with Gasteiger partial charge in [0.25, 0.3) is 11.1 Å². The van der Waals surface area contributed by atoms with Crippen LogP contribution in [0.25, 0.3) is 11.6 Å². The number of Topliss-reactive ketones (excluding diaryl/α,β-unsaturated/α-hetero) is 1. The van der Waals surface area contributed by atoms with Crippen LogP contribution in [0.2, 0.25) is 0 Å². The number of aromatic nitrogens is 3. The van der Waals surface area contributed by atoms with Gasteiger partial charge < -0.3 is 9.40 Å². The Hall–Kier alpha value is -2.34. The summed E-state index contributed by atoms with van der Waals surface area (Å²) in [6.45, 7) is 5.88. The number of benzene rings is 1. The van der Waals surface area contributed by atoms with Gasteiger partial charge in [0.05, 0.1) is 5.25 Å². The van der Waals surface area contributed by atoms with Gasteiger partial charge in [-0.3, -0.25) is 4.79 Å². The Labute approximate surface area is 138 Å². The van der Waals surface area contributed by atoms with Gasteiger partial charge in [0, 0.05) is 11.8 Å². The van der Waals surface area contributed by atoms with E-state index >= 15 is 0 Å². The third-order valence-corrected chi connectivity index (χ3v) is 4.61. The lowest BCUT2D eigenvalue weighted by Crippen LogP contribution is -2.13. The number of ketones is 1. The highest BCUT2D eigenvalue weighted by atomic mass is 32.2. The normalized spacial score (nSPS) is 12.3. The fourth-order valence-electron chi connectivity index (χ4n) is 2.16. The molecule has 0 saturated heterocycles. The zero-order chi connectivity index (χ0) is 16.4. The maximum atomic E-state index is 12.5. The molecular formula is C17H17N3O2S. The zero-order valence-corrected chi connectivity index (χ0v) is 14.0. The lowest BCUT2D eigenvalue weighted by Gasteiger charge is -2.09. The van der Waals surface area contributed by atoms with Crippen LogP contribution >= 0.6 is 11.8 Å². The molecule has 0 spiro atoms. The number of carbonyl (C=O) groups excluding carboxylic acids is 1. The van der Waals surface area contributed by atoms with Gasteiger partial charge in [-0.05, 0) is 50.1 Å². The molecule has 2 heterocycles. The first-order valence-corrected chi connectivity index (χ1v) is 8.18. The second-order valence-electron chi connectivity index (χ2n) is 5.38. The highest BCUT2D eigenvalue weighted by molar-refractivity contribution is 8.00. The lowest BCUT2D eigenvalue weighted by molar-refractivity contribution is 0.0993. The molecule has 5 nitrogen and oxygen atoms in total. The van der Waals surface area contributed by atoms with Crippen molar-refractivity contribution in [3.8, 4) is 11.6 Å². The number of aromatic amines is 1. The minimum Gasteiger partial charge on any atom is -0.410 e. The second-order valence-corrected chi connectivity index (χ2v) is 6.67. The Morgan fingerprint density at radius 1 is 1.22 bits per heavy atom. The molecule has 3 rings (SSSR count). The smallest absolute Gasteiger partial charge is 0.277 e. The summed E-state index contributed by atoms with van der Waals surface area (Å²) >= 11 is 1.27. The summed E-state index contributed by atoms with van der Waals surface area (Å²) in [6, 6.07) is 9.46. The predicted octanol–water partition coefficient (Wildman–Crippen LogP) is 4.05. The quantitative estimate of drug-likeness (QED) is 0.565. The molecule has 6 heteroatoms. The van der Waals surface area contributed by atoms with Crippen molar-refractivity contribution < 1.29 is 9.21 Å². The minimum absolute atomic E-state index is 0.0534. The van der Waals surface area contributed by atoms with E-state index in [1.807, 2.05) is 51.1 Å². The van der Waals surface area contributed by atoms with E-state index in [0.29, 0.717) is 16.7 Å². The first kappa shape index (κ1) is 15.6. The Balaban J connectivity index is 1.72. The third kappa shape index (κ3) is 3.37. The van der Waals surface area contributed by atoms with Gasteiger partial charge in [0.15, 0.2) is 5.78 Å². The fraction of sp³-hybridized carbons (Fsp3) is 0.235. The molecule has 23 heavy (non-hydrogen) atoms. The van der Waals surface area contributed by atoms with Crippen molar-refractivity contribution in [2.45, 2.75) is 31.2 Å². The third-order valence-electron chi connectivity index (χ3n) is 3.67. The fourth-order valence-corrected chi connectivity index (χ4v) is 2.92. The molecule has 0 aliphatic heterocycles. The van der Waals surface area contributed by atoms with Crippen molar-refractivity contribution in [2.24, 2.45) is 0 Å². The summed E-state index contributed by atoms with van der Waals surface area (Å²) < 4.78 is 5.58. The topological polar surface area (TPSA) is 71.8 Å². The van der Waals surface area contributed by atoms with Gasteiger partial charge >= 0.3 is 0 Å². The van der Waals surface area contributed by atoms with Gasteiger partial charge in [-0.2, -0.15) is 0 Å². The molecule has 0 fully saturated rings. The summed E-state index contributed by atoms with van der Waals surface area (Å²) in [4.78, 5) is 15.5. The van der Waals surface area contributed by atoms with E-state index < -0.39 is 0 Å². The van der Waals surface area contributed by atoms with Crippen molar-refractivity contribution >= 4 is 17.5 Å². The molecule has 0 aliphatic rings. The average Bonchev–Trinajstić information content (AvgIpc) is 3.20. The number of nitrogens with zero attached hydrogens (tertiary/aromatic N) is 2. The summed E-state index contributed by atoms with van der Waals surface area (Å²) in [6.07, 6.45) is 1.79. The van der Waals surface area contributed by atoms with Crippen molar-refractivity contribution in [1.29, 1.82) is 0 Å². The number of thioether (sulfide) groups is 1. The molecule has 0 unspecified atom stereocenters. The van der Waals surface area contributed by atoms with Crippen LogP contribution in [0.5, 0.6) is 0 Å². The molecule has 1 aromatic carbocycles. The van der Waals surface area contributed by atoms with Crippen LogP contribution < -0.4 is 0 Å². The molecule has 118 valence electrons. The Kier molecular flexibility index (Phi) is 4.34. The molecule has 0 aliphatic carbocycles. The largest absolute Gasteiger partial charge is 0.410 e. The Morgan fingerprint density at radius 2 is 2.04 bits per heavy atom. The summed E-state index contributed by atoms with van der Waals surface area (Å²) in [5.41, 5.74) is 3.75. The first-order chi connectivity index (χ1) is 11.0. The van der Waals surface area contributed by atoms with Gasteiger partial charge in [0.2, 0.25) is 0 Å². The minimum atomic E-state index is -0.297. The number of nitrogens with one attached hydrogen (secondary N) is 1.